The molecule has 3 aliphatic rings. The van der Waals surface area contributed by atoms with Crippen LogP contribution in [0.3, 0.4) is 0 Å². The van der Waals surface area contributed by atoms with Gasteiger partial charge in [-0.25, -0.2) is 0 Å². The highest BCUT2D eigenvalue weighted by atomic mass is 16.5. The molecular weight excluding hydrogens is 416 g/mol. The first-order valence-corrected chi connectivity index (χ1v) is 12.2. The molecule has 0 atom stereocenters. The second-order valence-electron chi connectivity index (χ2n) is 12.0. The highest BCUT2D eigenvalue weighted by Crippen LogP contribution is 2.57. The van der Waals surface area contributed by atoms with E-state index in [1.165, 1.54) is 44.8 Å². The minimum Gasteiger partial charge on any atom is -0.456 e. The van der Waals surface area contributed by atoms with Crippen LogP contribution in [0.5, 0.6) is 11.5 Å². The molecule has 0 aliphatic carbocycles. The molecule has 3 heteroatoms. The summed E-state index contributed by atoms with van der Waals surface area (Å²) in [7, 11) is 0. The van der Waals surface area contributed by atoms with Crippen molar-refractivity contribution in [3.63, 3.8) is 0 Å². The van der Waals surface area contributed by atoms with Gasteiger partial charge in [0.05, 0.1) is 11.1 Å². The molecule has 0 amide bonds. The van der Waals surface area contributed by atoms with Crippen molar-refractivity contribution in [2.45, 2.75) is 58.0 Å². The van der Waals surface area contributed by atoms with Gasteiger partial charge in [-0.3, -0.25) is 0 Å². The fraction of sp³-hybridized carbons (Fsp3) is 0.290. The molecule has 168 valence electrons. The molecule has 0 saturated carbocycles. The van der Waals surface area contributed by atoms with Crippen molar-refractivity contribution in [2.24, 2.45) is 0 Å². The van der Waals surface area contributed by atoms with Gasteiger partial charge in [-0.15, -0.1) is 9.13 Å². The van der Waals surface area contributed by atoms with Crippen LogP contribution >= 0.6 is 0 Å². The van der Waals surface area contributed by atoms with Gasteiger partial charge in [-0.1, -0.05) is 53.7 Å². The Labute approximate surface area is 201 Å². The van der Waals surface area contributed by atoms with Gasteiger partial charge in [-0.05, 0) is 46.2 Å². The molecule has 0 bridgehead atoms. The number of hydrogen-bond donors (Lipinski definition) is 0. The largest absolute Gasteiger partial charge is 0.456 e. The van der Waals surface area contributed by atoms with Crippen LogP contribution in [0.25, 0.3) is 22.5 Å². The number of fused-ring (bicyclic) bond motifs is 4. The number of nitrogens with zero attached hydrogens (tertiary/aromatic N) is 2. The molecular formula is C31H30N2O+2. The zero-order valence-electron chi connectivity index (χ0n) is 20.7. The lowest BCUT2D eigenvalue weighted by atomic mass is 9.86. The van der Waals surface area contributed by atoms with E-state index < -0.39 is 5.66 Å². The Morgan fingerprint density at radius 1 is 0.618 bits per heavy atom. The Morgan fingerprint density at radius 2 is 1.06 bits per heavy atom. The van der Waals surface area contributed by atoms with Crippen LogP contribution in [0.4, 0.5) is 0 Å². The average Bonchev–Trinajstić information content (AvgIpc) is 3.26. The van der Waals surface area contributed by atoms with Crippen LogP contribution in [0, 0.1) is 0 Å². The van der Waals surface area contributed by atoms with Crippen LogP contribution in [0.1, 0.15) is 63.8 Å². The van der Waals surface area contributed by atoms with Gasteiger partial charge >= 0.3 is 5.66 Å². The minimum absolute atomic E-state index is 0.0746. The molecule has 0 radical (unpaired) electrons. The summed E-state index contributed by atoms with van der Waals surface area (Å²) in [5, 5.41) is 0. The average molecular weight is 447 g/mol. The maximum Gasteiger partial charge on any atom is 0.424 e. The second-order valence-corrected chi connectivity index (χ2v) is 12.0. The molecule has 1 spiro atoms. The number of pyridine rings is 2. The molecule has 0 N–H and O–H groups in total. The zero-order valence-corrected chi connectivity index (χ0v) is 20.7. The van der Waals surface area contributed by atoms with E-state index in [-0.39, 0.29) is 10.8 Å². The van der Waals surface area contributed by atoms with Crippen molar-refractivity contribution in [3.05, 3.63) is 95.3 Å². The molecule has 4 aromatic rings. The van der Waals surface area contributed by atoms with Gasteiger partial charge in [-0.2, -0.15) is 0 Å². The van der Waals surface area contributed by atoms with Gasteiger partial charge < -0.3 is 4.74 Å². The zero-order chi connectivity index (χ0) is 23.6. The molecule has 3 nitrogen and oxygen atoms in total. The van der Waals surface area contributed by atoms with Gasteiger partial charge in [0.2, 0.25) is 11.4 Å². The lowest BCUT2D eigenvalue weighted by Gasteiger charge is -2.26. The van der Waals surface area contributed by atoms with Crippen molar-refractivity contribution in [1.29, 1.82) is 0 Å². The molecule has 5 heterocycles. The van der Waals surface area contributed by atoms with E-state index >= 15 is 0 Å². The third-order valence-corrected chi connectivity index (χ3v) is 7.86. The SMILES string of the molecule is CC(C)(C)c1cc[n+]2c(c1)-c1cccc3c1C21c2c(cccc2-c2cc(C(C)(C)C)cc[n+]21)O3. The monoisotopic (exact) mass is 446 g/mol. The number of aromatic nitrogens is 2. The van der Waals surface area contributed by atoms with Gasteiger partial charge in [0.15, 0.2) is 23.5 Å². The smallest absolute Gasteiger partial charge is 0.424 e. The number of rotatable bonds is 0. The van der Waals surface area contributed by atoms with Crippen LogP contribution < -0.4 is 13.9 Å². The van der Waals surface area contributed by atoms with E-state index in [2.05, 4.69) is 124 Å². The highest BCUT2D eigenvalue weighted by molar-refractivity contribution is 5.80. The molecule has 0 saturated heterocycles. The van der Waals surface area contributed by atoms with Crippen LogP contribution in [-0.2, 0) is 16.5 Å². The van der Waals surface area contributed by atoms with E-state index in [0.29, 0.717) is 0 Å². The Bertz CT molecular complexity index is 1430. The summed E-state index contributed by atoms with van der Waals surface area (Å²) in [5.74, 6) is 1.90. The predicted molar refractivity (Wildman–Crippen MR) is 133 cm³/mol. The minimum atomic E-state index is -0.479. The third kappa shape index (κ3) is 2.23. The van der Waals surface area contributed by atoms with E-state index in [9.17, 15) is 0 Å². The van der Waals surface area contributed by atoms with E-state index in [4.69, 9.17) is 4.74 Å². The molecule has 0 unspecified atom stereocenters. The first-order chi connectivity index (χ1) is 16.1. The molecule has 2 aromatic carbocycles. The first kappa shape index (κ1) is 20.0. The van der Waals surface area contributed by atoms with Crippen molar-refractivity contribution < 1.29 is 13.9 Å². The summed E-state index contributed by atoms with van der Waals surface area (Å²) in [6, 6.07) is 22.4. The lowest BCUT2D eigenvalue weighted by molar-refractivity contribution is -0.955. The van der Waals surface area contributed by atoms with E-state index in [0.717, 1.165) is 11.5 Å². The summed E-state index contributed by atoms with van der Waals surface area (Å²) in [4.78, 5) is 0. The molecule has 7 rings (SSSR count). The fourth-order valence-electron chi connectivity index (χ4n) is 6.13. The Morgan fingerprint density at radius 3 is 1.47 bits per heavy atom. The fourth-order valence-corrected chi connectivity index (χ4v) is 6.13. The van der Waals surface area contributed by atoms with E-state index in [1.54, 1.807) is 0 Å². The number of ether oxygens (including phenoxy) is 1. The number of benzene rings is 2. The first-order valence-electron chi connectivity index (χ1n) is 12.2. The molecule has 3 aliphatic heterocycles. The number of hydrogen-bond acceptors (Lipinski definition) is 1. The van der Waals surface area contributed by atoms with Crippen LogP contribution in [0.2, 0.25) is 0 Å². The van der Waals surface area contributed by atoms with E-state index in [1.807, 2.05) is 0 Å². The van der Waals surface area contributed by atoms with Gasteiger partial charge in [0.1, 0.15) is 11.5 Å². The quantitative estimate of drug-likeness (QED) is 0.253. The molecule has 2 aromatic heterocycles. The van der Waals surface area contributed by atoms with Crippen molar-refractivity contribution in [2.75, 3.05) is 0 Å². The van der Waals surface area contributed by atoms with Crippen LogP contribution in [-0.4, -0.2) is 0 Å². The second kappa shape index (κ2) is 5.96. The lowest BCUT2D eigenvalue weighted by Crippen LogP contribution is -2.72. The Hall–Kier alpha value is -3.46. The maximum absolute atomic E-state index is 6.59. The van der Waals surface area contributed by atoms with Crippen molar-refractivity contribution in [3.8, 4) is 34.0 Å². The predicted octanol–water partition coefficient (Wildman–Crippen LogP) is 6.22. The normalized spacial score (nSPS) is 15.8. The third-order valence-electron chi connectivity index (χ3n) is 7.86. The Balaban J connectivity index is 1.66. The van der Waals surface area contributed by atoms with Gasteiger partial charge in [0, 0.05) is 24.3 Å². The maximum atomic E-state index is 6.59. The van der Waals surface area contributed by atoms with Crippen LogP contribution in [0.15, 0.2) is 73.1 Å². The summed E-state index contributed by atoms with van der Waals surface area (Å²) in [6.45, 7) is 13.7. The topological polar surface area (TPSA) is 17.0 Å². The molecule has 34 heavy (non-hydrogen) atoms. The molecule has 0 fully saturated rings. The van der Waals surface area contributed by atoms with Gasteiger partial charge in [0.25, 0.3) is 0 Å². The van der Waals surface area contributed by atoms with Crippen molar-refractivity contribution in [1.82, 2.24) is 0 Å². The van der Waals surface area contributed by atoms with Crippen molar-refractivity contribution >= 4 is 0 Å². The summed E-state index contributed by atoms with van der Waals surface area (Å²) < 4.78 is 11.5. The standard InChI is InChI=1S/C31H30N2O/c1-29(2,3)19-13-15-32-23(17-19)21-9-7-11-25-27(21)31(32)28-22(10-8-12-26(28)34-25)24-18-20(30(4,5)6)14-16-33(24)31/h7-18H,1-6H3/q+2. The summed E-state index contributed by atoms with van der Waals surface area (Å²) in [5.41, 5.74) is 9.84. The highest BCUT2D eigenvalue weighted by Gasteiger charge is 2.71. The Kier molecular flexibility index (Phi) is 3.50. The summed E-state index contributed by atoms with van der Waals surface area (Å²) in [6.07, 6.45) is 4.59. The summed E-state index contributed by atoms with van der Waals surface area (Å²) >= 11 is 0.